The van der Waals surface area contributed by atoms with E-state index in [-0.39, 0.29) is 5.54 Å². The quantitative estimate of drug-likeness (QED) is 0.719. The highest BCUT2D eigenvalue weighted by Gasteiger charge is 2.50. The first-order chi connectivity index (χ1) is 13.1. The van der Waals surface area contributed by atoms with E-state index in [9.17, 15) is 0 Å². The standard InChI is InChI=1S/C22H25N3OS/c1-16-7-6-8-18(15-16)25-21(23)27-20(22(25)13-4-3-5-14-22)24-17-9-11-19(26-2)12-10-17/h6-12,15,23H,3-5,13-14H2,1-2H3. The molecule has 4 nitrogen and oxygen atoms in total. The van der Waals surface area contributed by atoms with Crippen molar-refractivity contribution in [2.45, 2.75) is 44.6 Å². The Morgan fingerprint density at radius 1 is 1.07 bits per heavy atom. The Balaban J connectivity index is 1.77. The molecule has 1 heterocycles. The number of benzene rings is 2. The Labute approximate surface area is 165 Å². The molecule has 4 rings (SSSR count). The van der Waals surface area contributed by atoms with Gasteiger partial charge in [0.2, 0.25) is 0 Å². The van der Waals surface area contributed by atoms with Crippen LogP contribution < -0.4 is 9.64 Å². The Hall–Kier alpha value is -2.27. The van der Waals surface area contributed by atoms with E-state index in [1.807, 2.05) is 24.3 Å². The number of nitrogens with one attached hydrogen (secondary N) is 1. The number of hydrogen-bond acceptors (Lipinski definition) is 4. The second-order valence-corrected chi connectivity index (χ2v) is 8.27. The largest absolute Gasteiger partial charge is 0.497 e. The normalized spacial score (nSPS) is 20.4. The van der Waals surface area contributed by atoms with Crippen molar-refractivity contribution in [3.63, 3.8) is 0 Å². The van der Waals surface area contributed by atoms with Crippen LogP contribution in [0.25, 0.3) is 0 Å². The van der Waals surface area contributed by atoms with Crippen LogP contribution in [0, 0.1) is 12.3 Å². The predicted octanol–water partition coefficient (Wildman–Crippen LogP) is 5.92. The summed E-state index contributed by atoms with van der Waals surface area (Å²) in [4.78, 5) is 7.23. The van der Waals surface area contributed by atoms with Gasteiger partial charge < -0.3 is 9.64 Å². The molecule has 0 bridgehead atoms. The highest BCUT2D eigenvalue weighted by molar-refractivity contribution is 8.27. The van der Waals surface area contributed by atoms with Gasteiger partial charge in [0.25, 0.3) is 0 Å². The number of hydrogen-bond donors (Lipinski definition) is 1. The van der Waals surface area contributed by atoms with Gasteiger partial charge in [-0.1, -0.05) is 31.4 Å². The zero-order chi connectivity index (χ0) is 18.9. The van der Waals surface area contributed by atoms with Gasteiger partial charge in [-0.15, -0.1) is 0 Å². The van der Waals surface area contributed by atoms with Gasteiger partial charge in [-0.05, 0) is 73.5 Å². The summed E-state index contributed by atoms with van der Waals surface area (Å²) in [6, 6.07) is 16.3. The van der Waals surface area contributed by atoms with E-state index in [1.54, 1.807) is 7.11 Å². The molecular formula is C22H25N3OS. The van der Waals surface area contributed by atoms with Crippen molar-refractivity contribution in [2.75, 3.05) is 12.0 Å². The van der Waals surface area contributed by atoms with E-state index in [4.69, 9.17) is 15.1 Å². The van der Waals surface area contributed by atoms with Crippen molar-refractivity contribution in [3.8, 4) is 5.75 Å². The van der Waals surface area contributed by atoms with Gasteiger partial charge in [-0.25, -0.2) is 4.99 Å². The van der Waals surface area contributed by atoms with Crippen LogP contribution in [0.2, 0.25) is 0 Å². The van der Waals surface area contributed by atoms with Crippen molar-refractivity contribution in [1.82, 2.24) is 0 Å². The maximum Gasteiger partial charge on any atom is 0.167 e. The summed E-state index contributed by atoms with van der Waals surface area (Å²) in [5, 5.41) is 10.4. The molecule has 2 aromatic rings. The fourth-order valence-electron chi connectivity index (χ4n) is 4.13. The topological polar surface area (TPSA) is 48.7 Å². The molecule has 27 heavy (non-hydrogen) atoms. The third-order valence-electron chi connectivity index (χ3n) is 5.47. The molecule has 1 spiro atoms. The van der Waals surface area contributed by atoms with Crippen molar-refractivity contribution in [2.24, 2.45) is 4.99 Å². The average molecular weight is 380 g/mol. The number of anilines is 1. The van der Waals surface area contributed by atoms with Crippen molar-refractivity contribution < 1.29 is 4.74 Å². The van der Waals surface area contributed by atoms with Gasteiger partial charge >= 0.3 is 0 Å². The lowest BCUT2D eigenvalue weighted by molar-refractivity contribution is 0.387. The van der Waals surface area contributed by atoms with E-state index >= 15 is 0 Å². The summed E-state index contributed by atoms with van der Waals surface area (Å²) in [7, 11) is 1.67. The minimum absolute atomic E-state index is 0.187. The van der Waals surface area contributed by atoms with Gasteiger partial charge in [0.1, 0.15) is 10.8 Å². The van der Waals surface area contributed by atoms with Crippen LogP contribution in [-0.2, 0) is 0 Å². The predicted molar refractivity (Wildman–Crippen MR) is 115 cm³/mol. The maximum absolute atomic E-state index is 8.72. The molecule has 5 heteroatoms. The summed E-state index contributed by atoms with van der Waals surface area (Å²) < 4.78 is 5.26. The number of nitrogens with zero attached hydrogens (tertiary/aromatic N) is 2. The molecular weight excluding hydrogens is 354 g/mol. The molecule has 0 radical (unpaired) electrons. The van der Waals surface area contributed by atoms with E-state index < -0.39 is 0 Å². The summed E-state index contributed by atoms with van der Waals surface area (Å²) in [6.07, 6.45) is 5.71. The number of aliphatic imine (C=N–C) groups is 1. The third kappa shape index (κ3) is 3.36. The van der Waals surface area contributed by atoms with E-state index in [1.165, 1.54) is 36.6 Å². The molecule has 0 unspecified atom stereocenters. The fraction of sp³-hybridized carbons (Fsp3) is 0.364. The number of methoxy groups -OCH3 is 1. The lowest BCUT2D eigenvalue weighted by Gasteiger charge is -2.41. The van der Waals surface area contributed by atoms with Crippen molar-refractivity contribution in [1.29, 1.82) is 5.41 Å². The van der Waals surface area contributed by atoms with Crippen molar-refractivity contribution >= 4 is 33.3 Å². The van der Waals surface area contributed by atoms with Crippen LogP contribution in [0.3, 0.4) is 0 Å². The molecule has 1 saturated heterocycles. The Kier molecular flexibility index (Phi) is 4.96. The summed E-state index contributed by atoms with van der Waals surface area (Å²) in [6.45, 7) is 2.11. The third-order valence-corrected chi connectivity index (χ3v) is 6.51. The minimum Gasteiger partial charge on any atom is -0.497 e. The zero-order valence-electron chi connectivity index (χ0n) is 15.9. The molecule has 2 aromatic carbocycles. The van der Waals surface area contributed by atoms with Crippen LogP contribution in [-0.4, -0.2) is 22.9 Å². The molecule has 0 aromatic heterocycles. The molecule has 1 N–H and O–H groups in total. The number of thioether (sulfide) groups is 1. The number of ether oxygens (including phenoxy) is 1. The number of rotatable bonds is 3. The van der Waals surface area contributed by atoms with Crippen molar-refractivity contribution in [3.05, 3.63) is 54.1 Å². The average Bonchev–Trinajstić information content (AvgIpc) is 2.93. The zero-order valence-corrected chi connectivity index (χ0v) is 16.7. The minimum atomic E-state index is -0.187. The summed E-state index contributed by atoms with van der Waals surface area (Å²) in [5.74, 6) is 0.833. The fourth-order valence-corrected chi connectivity index (χ4v) is 5.32. The number of aryl methyl sites for hydroxylation is 1. The molecule has 2 fully saturated rings. The Bertz CT molecular complexity index is 869. The molecule has 0 atom stereocenters. The second kappa shape index (κ2) is 7.39. The first kappa shape index (κ1) is 18.1. The highest BCUT2D eigenvalue weighted by atomic mass is 32.2. The molecule has 140 valence electrons. The molecule has 1 aliphatic heterocycles. The Morgan fingerprint density at radius 3 is 2.48 bits per heavy atom. The smallest absolute Gasteiger partial charge is 0.167 e. The monoisotopic (exact) mass is 379 g/mol. The van der Waals surface area contributed by atoms with Crippen LogP contribution in [0.4, 0.5) is 11.4 Å². The lowest BCUT2D eigenvalue weighted by Crippen LogP contribution is -2.51. The van der Waals surface area contributed by atoms with E-state index in [2.05, 4.69) is 36.1 Å². The first-order valence-electron chi connectivity index (χ1n) is 9.49. The Morgan fingerprint density at radius 2 is 1.81 bits per heavy atom. The van der Waals surface area contributed by atoms with Gasteiger partial charge in [0.15, 0.2) is 5.17 Å². The lowest BCUT2D eigenvalue weighted by atomic mass is 9.80. The number of amidine groups is 1. The van der Waals surface area contributed by atoms with E-state index in [0.29, 0.717) is 5.17 Å². The van der Waals surface area contributed by atoms with Gasteiger partial charge in [0, 0.05) is 5.69 Å². The molecule has 2 aliphatic rings. The van der Waals surface area contributed by atoms with Crippen LogP contribution in [0.5, 0.6) is 5.75 Å². The molecule has 1 aliphatic carbocycles. The van der Waals surface area contributed by atoms with E-state index in [0.717, 1.165) is 35.0 Å². The second-order valence-electron chi connectivity index (χ2n) is 7.29. The molecule has 0 amide bonds. The van der Waals surface area contributed by atoms with Gasteiger partial charge in [0.05, 0.1) is 18.3 Å². The van der Waals surface area contributed by atoms with Crippen LogP contribution in [0.1, 0.15) is 37.7 Å². The van der Waals surface area contributed by atoms with Gasteiger partial charge in [-0.2, -0.15) is 0 Å². The summed E-state index contributed by atoms with van der Waals surface area (Å²) in [5.41, 5.74) is 3.06. The molecule has 1 saturated carbocycles. The summed E-state index contributed by atoms with van der Waals surface area (Å²) >= 11 is 1.51. The highest BCUT2D eigenvalue weighted by Crippen LogP contribution is 2.48. The van der Waals surface area contributed by atoms with Crippen LogP contribution in [0.15, 0.2) is 53.5 Å². The maximum atomic E-state index is 8.72. The SMILES string of the molecule is COc1ccc(N=C2SC(=N)N(c3cccc(C)c3)C23CCCCC3)cc1. The van der Waals surface area contributed by atoms with Gasteiger partial charge in [-0.3, -0.25) is 5.41 Å². The first-order valence-corrected chi connectivity index (χ1v) is 10.3. The van der Waals surface area contributed by atoms with Crippen LogP contribution >= 0.6 is 11.8 Å².